The first-order valence-corrected chi connectivity index (χ1v) is 11.3. The van der Waals surface area contributed by atoms with Gasteiger partial charge in [0.05, 0.1) is 19.4 Å². The van der Waals surface area contributed by atoms with E-state index in [1.54, 1.807) is 6.20 Å². The van der Waals surface area contributed by atoms with Crippen LogP contribution in [0.15, 0.2) is 47.0 Å². The Balaban J connectivity index is 1.38. The molecule has 0 fully saturated rings. The van der Waals surface area contributed by atoms with Gasteiger partial charge in [-0.2, -0.15) is 0 Å². The maximum atomic E-state index is 12.9. The maximum Gasteiger partial charge on any atom is 0.223 e. The van der Waals surface area contributed by atoms with E-state index in [4.69, 9.17) is 25.5 Å². The lowest BCUT2D eigenvalue weighted by Gasteiger charge is -2.30. The number of benzene rings is 2. The lowest BCUT2D eigenvalue weighted by Crippen LogP contribution is -2.36. The number of amides is 1. The van der Waals surface area contributed by atoms with Crippen LogP contribution in [-0.4, -0.2) is 35.5 Å². The number of hydrogen-bond donors (Lipinski definition) is 0. The number of carbonyl (C=O) groups excluding carboxylic acids is 1. The second kappa shape index (κ2) is 10.1. The predicted octanol–water partition coefficient (Wildman–Crippen LogP) is 5.31. The number of halogens is 1. The number of rotatable bonds is 8. The molecule has 0 N–H and O–H groups in total. The zero-order valence-corrected chi connectivity index (χ0v) is 19.2. The van der Waals surface area contributed by atoms with Crippen molar-refractivity contribution in [3.05, 3.63) is 64.6 Å². The fourth-order valence-electron chi connectivity index (χ4n) is 3.86. The van der Waals surface area contributed by atoms with Gasteiger partial charge in [0.1, 0.15) is 0 Å². The molecular formula is C25H27ClN2O4. The Labute approximate surface area is 193 Å². The largest absolute Gasteiger partial charge is 0.490 e. The molecule has 0 saturated heterocycles. The molecule has 6 nitrogen and oxygen atoms in total. The molecule has 1 amide bonds. The number of fused-ring (bicyclic) bond motifs is 1. The van der Waals surface area contributed by atoms with Gasteiger partial charge in [0.2, 0.25) is 5.91 Å². The van der Waals surface area contributed by atoms with E-state index >= 15 is 0 Å². The molecule has 1 aromatic heterocycles. The molecule has 1 aliphatic heterocycles. The van der Waals surface area contributed by atoms with Gasteiger partial charge >= 0.3 is 0 Å². The third kappa shape index (κ3) is 5.07. The Bertz CT molecular complexity index is 1080. The van der Waals surface area contributed by atoms with Crippen LogP contribution in [-0.2, 0) is 24.2 Å². The van der Waals surface area contributed by atoms with Crippen LogP contribution in [0, 0.1) is 0 Å². The quantitative estimate of drug-likeness (QED) is 0.461. The number of aromatic nitrogens is 1. The Morgan fingerprint density at radius 3 is 2.47 bits per heavy atom. The van der Waals surface area contributed by atoms with Crippen LogP contribution in [0.5, 0.6) is 11.5 Å². The third-order valence-corrected chi connectivity index (χ3v) is 5.72. The molecule has 3 aromatic rings. The highest BCUT2D eigenvalue weighted by Crippen LogP contribution is 2.34. The molecule has 7 heteroatoms. The fourth-order valence-corrected chi connectivity index (χ4v) is 3.99. The molecule has 1 aliphatic rings. The van der Waals surface area contributed by atoms with E-state index in [0.29, 0.717) is 55.8 Å². The van der Waals surface area contributed by atoms with Crippen LogP contribution in [0.1, 0.15) is 37.3 Å². The summed E-state index contributed by atoms with van der Waals surface area (Å²) in [7, 11) is 0. The Hall–Kier alpha value is -2.99. The van der Waals surface area contributed by atoms with E-state index in [9.17, 15) is 4.79 Å². The summed E-state index contributed by atoms with van der Waals surface area (Å²) >= 11 is 5.94. The molecule has 0 atom stereocenters. The summed E-state index contributed by atoms with van der Waals surface area (Å²) < 4.78 is 17.3. The molecule has 2 heterocycles. The minimum Gasteiger partial charge on any atom is -0.490 e. The number of aryl methyl sites for hydroxylation is 1. The molecule has 0 aliphatic carbocycles. The highest BCUT2D eigenvalue weighted by molar-refractivity contribution is 6.30. The van der Waals surface area contributed by atoms with Crippen molar-refractivity contribution in [2.45, 2.75) is 39.7 Å². The lowest BCUT2D eigenvalue weighted by molar-refractivity contribution is -0.132. The van der Waals surface area contributed by atoms with E-state index in [2.05, 4.69) is 11.1 Å². The van der Waals surface area contributed by atoms with Gasteiger partial charge in [-0.05, 0) is 67.8 Å². The second-order valence-corrected chi connectivity index (χ2v) is 8.06. The summed E-state index contributed by atoms with van der Waals surface area (Å²) in [4.78, 5) is 19.1. The van der Waals surface area contributed by atoms with Crippen molar-refractivity contribution in [1.29, 1.82) is 0 Å². The molecule has 0 saturated carbocycles. The van der Waals surface area contributed by atoms with Crippen molar-refractivity contribution in [1.82, 2.24) is 9.88 Å². The Morgan fingerprint density at radius 1 is 1.09 bits per heavy atom. The van der Waals surface area contributed by atoms with E-state index < -0.39 is 0 Å². The molecule has 2 aromatic carbocycles. The average Bonchev–Trinajstić information content (AvgIpc) is 3.27. The summed E-state index contributed by atoms with van der Waals surface area (Å²) in [6.45, 7) is 6.32. The first kappa shape index (κ1) is 22.2. The van der Waals surface area contributed by atoms with Crippen LogP contribution >= 0.6 is 11.6 Å². The molecule has 0 unspecified atom stereocenters. The van der Waals surface area contributed by atoms with Crippen molar-refractivity contribution in [2.24, 2.45) is 0 Å². The van der Waals surface area contributed by atoms with Crippen LogP contribution in [0.3, 0.4) is 0 Å². The summed E-state index contributed by atoms with van der Waals surface area (Å²) in [6.07, 6.45) is 3.30. The SMILES string of the molecule is CCOc1cc2c(cc1OCC)CN(C(=O)CCc1ncc(-c3ccc(Cl)cc3)o1)CC2. The predicted molar refractivity (Wildman–Crippen MR) is 123 cm³/mol. The topological polar surface area (TPSA) is 64.8 Å². The minimum atomic E-state index is 0.0914. The van der Waals surface area contributed by atoms with Crippen LogP contribution < -0.4 is 9.47 Å². The van der Waals surface area contributed by atoms with Gasteiger partial charge in [0, 0.05) is 36.5 Å². The number of oxazole rings is 1. The van der Waals surface area contributed by atoms with Crippen molar-refractivity contribution in [2.75, 3.05) is 19.8 Å². The molecule has 4 rings (SSSR count). The van der Waals surface area contributed by atoms with Crippen LogP contribution in [0.25, 0.3) is 11.3 Å². The van der Waals surface area contributed by atoms with E-state index in [0.717, 1.165) is 29.0 Å². The van der Waals surface area contributed by atoms with Crippen molar-refractivity contribution >= 4 is 17.5 Å². The lowest BCUT2D eigenvalue weighted by atomic mass is 9.98. The minimum absolute atomic E-state index is 0.0914. The van der Waals surface area contributed by atoms with Crippen LogP contribution in [0.2, 0.25) is 5.02 Å². The molecule has 0 spiro atoms. The van der Waals surface area contributed by atoms with Gasteiger partial charge < -0.3 is 18.8 Å². The first-order chi connectivity index (χ1) is 15.6. The van der Waals surface area contributed by atoms with Gasteiger partial charge in [-0.25, -0.2) is 4.98 Å². The van der Waals surface area contributed by atoms with E-state index in [1.165, 1.54) is 5.56 Å². The molecular weight excluding hydrogens is 428 g/mol. The van der Waals surface area contributed by atoms with Crippen molar-refractivity contribution in [3.63, 3.8) is 0 Å². The first-order valence-electron chi connectivity index (χ1n) is 11.0. The van der Waals surface area contributed by atoms with Gasteiger partial charge in [-0.15, -0.1) is 0 Å². The molecule has 168 valence electrons. The van der Waals surface area contributed by atoms with Gasteiger partial charge in [-0.3, -0.25) is 4.79 Å². The summed E-state index contributed by atoms with van der Waals surface area (Å²) in [5, 5.41) is 0.671. The molecule has 0 radical (unpaired) electrons. The Kier molecular flexibility index (Phi) is 7.00. The summed E-state index contributed by atoms with van der Waals surface area (Å²) in [6, 6.07) is 11.5. The fraction of sp³-hybridized carbons (Fsp3) is 0.360. The number of hydrogen-bond acceptors (Lipinski definition) is 5. The normalized spacial score (nSPS) is 13.0. The smallest absolute Gasteiger partial charge is 0.223 e. The van der Waals surface area contributed by atoms with Crippen molar-refractivity contribution in [3.8, 4) is 22.8 Å². The average molecular weight is 455 g/mol. The number of ether oxygens (including phenoxy) is 2. The van der Waals surface area contributed by atoms with Gasteiger partial charge in [0.15, 0.2) is 23.1 Å². The maximum absolute atomic E-state index is 12.9. The highest BCUT2D eigenvalue weighted by atomic mass is 35.5. The number of carbonyl (C=O) groups is 1. The standard InChI is InChI=1S/C25H27ClN2O4/c1-3-30-21-13-18-11-12-28(16-19(18)14-22(21)31-4-2)25(29)10-9-24-27-15-23(32-24)17-5-7-20(26)8-6-17/h5-8,13-15H,3-4,9-12,16H2,1-2H3. The van der Waals surface area contributed by atoms with Gasteiger partial charge in [0.25, 0.3) is 0 Å². The van der Waals surface area contributed by atoms with Gasteiger partial charge in [-0.1, -0.05) is 11.6 Å². The Morgan fingerprint density at radius 2 is 1.78 bits per heavy atom. The monoisotopic (exact) mass is 454 g/mol. The zero-order valence-electron chi connectivity index (χ0n) is 18.4. The summed E-state index contributed by atoms with van der Waals surface area (Å²) in [5.74, 6) is 2.82. The van der Waals surface area contributed by atoms with E-state index in [1.807, 2.05) is 49.1 Å². The summed E-state index contributed by atoms with van der Waals surface area (Å²) in [5.41, 5.74) is 3.22. The second-order valence-electron chi connectivity index (χ2n) is 7.62. The molecule has 32 heavy (non-hydrogen) atoms. The zero-order chi connectivity index (χ0) is 22.5. The molecule has 0 bridgehead atoms. The van der Waals surface area contributed by atoms with Crippen molar-refractivity contribution < 1.29 is 18.7 Å². The van der Waals surface area contributed by atoms with Crippen LogP contribution in [0.4, 0.5) is 0 Å². The van der Waals surface area contributed by atoms with E-state index in [-0.39, 0.29) is 5.91 Å². The highest BCUT2D eigenvalue weighted by Gasteiger charge is 2.23. The third-order valence-electron chi connectivity index (χ3n) is 5.47. The number of nitrogens with zero attached hydrogens (tertiary/aromatic N) is 2.